The number of carbonyl (C=O) groups is 1. The van der Waals surface area contributed by atoms with Crippen LogP contribution in [0.1, 0.15) is 42.8 Å². The summed E-state index contributed by atoms with van der Waals surface area (Å²) in [4.78, 5) is 16.0. The van der Waals surface area contributed by atoms with Gasteiger partial charge in [-0.2, -0.15) is 0 Å². The number of hydrogen-bond acceptors (Lipinski definition) is 3. The third kappa shape index (κ3) is 4.83. The van der Waals surface area contributed by atoms with Crippen LogP contribution in [0.3, 0.4) is 0 Å². The minimum atomic E-state index is -0.230. The zero-order valence-electron chi connectivity index (χ0n) is 15.2. The summed E-state index contributed by atoms with van der Waals surface area (Å²) in [5.41, 5.74) is 2.61. The van der Waals surface area contributed by atoms with E-state index >= 15 is 0 Å². The predicted octanol–water partition coefficient (Wildman–Crippen LogP) is 3.95. The number of urea groups is 1. The first-order valence-corrected chi connectivity index (χ1v) is 9.70. The van der Waals surface area contributed by atoms with Gasteiger partial charge < -0.3 is 10.6 Å². The Balaban J connectivity index is 1.70. The number of thiophene rings is 1. The molecule has 0 radical (unpaired) electrons. The van der Waals surface area contributed by atoms with Crippen LogP contribution in [0.25, 0.3) is 0 Å². The fourth-order valence-electron chi connectivity index (χ4n) is 3.25. The van der Waals surface area contributed by atoms with E-state index in [1.807, 2.05) is 20.8 Å². The second kappa shape index (κ2) is 7.58. The molecule has 2 aromatic rings. The van der Waals surface area contributed by atoms with Crippen molar-refractivity contribution in [3.63, 3.8) is 0 Å². The zero-order valence-corrected chi connectivity index (χ0v) is 16.0. The topological polar surface area (TPSA) is 44.4 Å². The van der Waals surface area contributed by atoms with Crippen molar-refractivity contribution in [3.8, 4) is 0 Å². The van der Waals surface area contributed by atoms with E-state index in [0.717, 1.165) is 19.5 Å². The van der Waals surface area contributed by atoms with Gasteiger partial charge >= 0.3 is 6.03 Å². The minimum Gasteiger partial charge on any atom is -0.336 e. The van der Waals surface area contributed by atoms with Gasteiger partial charge in [-0.25, -0.2) is 4.79 Å². The molecule has 0 bridgehead atoms. The molecule has 3 rings (SSSR count). The molecule has 2 N–H and O–H groups in total. The molecule has 0 unspecified atom stereocenters. The second-order valence-corrected chi connectivity index (χ2v) is 8.58. The van der Waals surface area contributed by atoms with Crippen molar-refractivity contribution >= 4 is 17.4 Å². The maximum atomic E-state index is 12.2. The van der Waals surface area contributed by atoms with Crippen LogP contribution in [0.15, 0.2) is 41.8 Å². The van der Waals surface area contributed by atoms with Crippen LogP contribution in [-0.2, 0) is 13.0 Å². The fourth-order valence-corrected chi connectivity index (χ4v) is 4.11. The highest BCUT2D eigenvalue weighted by Gasteiger charge is 2.26. The van der Waals surface area contributed by atoms with Crippen LogP contribution in [-0.4, -0.2) is 29.6 Å². The number of carbonyl (C=O) groups excluding carboxylic acids is 1. The minimum absolute atomic E-state index is 0.105. The third-order valence-electron chi connectivity index (χ3n) is 4.42. The van der Waals surface area contributed by atoms with Crippen molar-refractivity contribution in [2.24, 2.45) is 0 Å². The molecule has 0 fully saturated rings. The Bertz CT molecular complexity index is 706. The van der Waals surface area contributed by atoms with Gasteiger partial charge in [0.05, 0.1) is 6.04 Å². The Labute approximate surface area is 154 Å². The lowest BCUT2D eigenvalue weighted by atomic mass is 9.98. The maximum absolute atomic E-state index is 12.2. The highest BCUT2D eigenvalue weighted by Crippen LogP contribution is 2.29. The van der Waals surface area contributed by atoms with E-state index in [4.69, 9.17) is 0 Å². The Kier molecular flexibility index (Phi) is 5.45. The van der Waals surface area contributed by atoms with E-state index in [1.54, 1.807) is 11.3 Å². The normalized spacial score (nSPS) is 16.1. The maximum Gasteiger partial charge on any atom is 0.315 e. The smallest absolute Gasteiger partial charge is 0.315 e. The molecule has 0 saturated heterocycles. The standard InChI is InChI=1S/C20H27N3OS/c1-20(2,3)22-19(24)21-13-17(18-9-6-12-25-18)23-11-10-15-7-4-5-8-16(15)14-23/h4-9,12,17H,10-11,13-14H2,1-3H3,(H2,21,22,24)/t17-/m1/s1. The van der Waals surface area contributed by atoms with Gasteiger partial charge in [0.25, 0.3) is 0 Å². The summed E-state index contributed by atoms with van der Waals surface area (Å²) in [5, 5.41) is 8.14. The summed E-state index contributed by atoms with van der Waals surface area (Å²) in [7, 11) is 0. The van der Waals surface area contributed by atoms with Gasteiger partial charge in [0.1, 0.15) is 0 Å². The van der Waals surface area contributed by atoms with Crippen molar-refractivity contribution in [1.29, 1.82) is 0 Å². The summed E-state index contributed by atoms with van der Waals surface area (Å²) >= 11 is 1.76. The molecule has 5 heteroatoms. The molecule has 2 heterocycles. The van der Waals surface area contributed by atoms with Crippen LogP contribution in [0, 0.1) is 0 Å². The van der Waals surface area contributed by atoms with Gasteiger partial charge in [0.2, 0.25) is 0 Å². The summed E-state index contributed by atoms with van der Waals surface area (Å²) in [6.07, 6.45) is 1.06. The number of hydrogen-bond donors (Lipinski definition) is 2. The SMILES string of the molecule is CC(C)(C)NC(=O)NC[C@H](c1cccs1)N1CCc2ccccc2C1. The molecule has 1 aliphatic heterocycles. The quantitative estimate of drug-likeness (QED) is 0.870. The fraction of sp³-hybridized carbons (Fsp3) is 0.450. The van der Waals surface area contributed by atoms with Gasteiger partial charge in [-0.3, -0.25) is 4.90 Å². The van der Waals surface area contributed by atoms with Crippen molar-refractivity contribution in [2.45, 2.75) is 45.3 Å². The number of rotatable bonds is 4. The van der Waals surface area contributed by atoms with Crippen LogP contribution in [0.5, 0.6) is 0 Å². The Hall–Kier alpha value is -1.85. The summed E-state index contributed by atoms with van der Waals surface area (Å²) in [5.74, 6) is 0. The average Bonchev–Trinajstić information content (AvgIpc) is 3.07. The van der Waals surface area contributed by atoms with E-state index in [0.29, 0.717) is 6.54 Å². The summed E-state index contributed by atoms with van der Waals surface area (Å²) in [6, 6.07) is 13.0. The Morgan fingerprint density at radius 2 is 1.96 bits per heavy atom. The Morgan fingerprint density at radius 1 is 1.20 bits per heavy atom. The Morgan fingerprint density at radius 3 is 2.64 bits per heavy atom. The van der Waals surface area contributed by atoms with Crippen LogP contribution >= 0.6 is 11.3 Å². The third-order valence-corrected chi connectivity index (χ3v) is 5.39. The molecule has 25 heavy (non-hydrogen) atoms. The van der Waals surface area contributed by atoms with Gasteiger partial charge in [0.15, 0.2) is 0 Å². The van der Waals surface area contributed by atoms with E-state index in [-0.39, 0.29) is 17.6 Å². The molecule has 1 aliphatic rings. The lowest BCUT2D eigenvalue weighted by Crippen LogP contribution is -2.49. The lowest BCUT2D eigenvalue weighted by Gasteiger charge is -2.35. The molecule has 4 nitrogen and oxygen atoms in total. The highest BCUT2D eigenvalue weighted by atomic mass is 32.1. The number of amides is 2. The zero-order chi connectivity index (χ0) is 17.9. The number of nitrogens with one attached hydrogen (secondary N) is 2. The lowest BCUT2D eigenvalue weighted by molar-refractivity contribution is 0.175. The highest BCUT2D eigenvalue weighted by molar-refractivity contribution is 7.10. The van der Waals surface area contributed by atoms with E-state index < -0.39 is 0 Å². The molecule has 1 aromatic heterocycles. The second-order valence-electron chi connectivity index (χ2n) is 7.61. The van der Waals surface area contributed by atoms with Gasteiger partial charge in [0, 0.05) is 30.1 Å². The first-order chi connectivity index (χ1) is 11.9. The molecule has 134 valence electrons. The molecule has 0 aliphatic carbocycles. The molecular weight excluding hydrogens is 330 g/mol. The molecule has 1 aromatic carbocycles. The van der Waals surface area contributed by atoms with Crippen molar-refractivity contribution in [3.05, 3.63) is 57.8 Å². The van der Waals surface area contributed by atoms with Crippen molar-refractivity contribution in [1.82, 2.24) is 15.5 Å². The van der Waals surface area contributed by atoms with Gasteiger partial charge in [-0.05, 0) is 49.8 Å². The van der Waals surface area contributed by atoms with Gasteiger partial charge in [-0.15, -0.1) is 11.3 Å². The molecular formula is C20H27N3OS. The van der Waals surface area contributed by atoms with Crippen molar-refractivity contribution < 1.29 is 4.79 Å². The number of fused-ring (bicyclic) bond motifs is 1. The van der Waals surface area contributed by atoms with E-state index in [2.05, 4.69) is 57.3 Å². The first-order valence-electron chi connectivity index (χ1n) is 8.82. The molecule has 0 spiro atoms. The van der Waals surface area contributed by atoms with Crippen molar-refractivity contribution in [2.75, 3.05) is 13.1 Å². The predicted molar refractivity (Wildman–Crippen MR) is 104 cm³/mol. The molecule has 1 atom stereocenters. The first kappa shape index (κ1) is 18.0. The van der Waals surface area contributed by atoms with Crippen LogP contribution in [0.4, 0.5) is 4.79 Å². The van der Waals surface area contributed by atoms with Crippen LogP contribution in [0.2, 0.25) is 0 Å². The number of benzene rings is 1. The van der Waals surface area contributed by atoms with E-state index in [1.165, 1.54) is 16.0 Å². The molecule has 0 saturated carbocycles. The number of nitrogens with zero attached hydrogens (tertiary/aromatic N) is 1. The summed E-state index contributed by atoms with van der Waals surface area (Å²) < 4.78 is 0. The monoisotopic (exact) mass is 357 g/mol. The van der Waals surface area contributed by atoms with Crippen LogP contribution < -0.4 is 10.6 Å². The summed E-state index contributed by atoms with van der Waals surface area (Å²) in [6.45, 7) is 8.54. The van der Waals surface area contributed by atoms with Gasteiger partial charge in [-0.1, -0.05) is 30.3 Å². The average molecular weight is 358 g/mol. The molecule has 2 amide bonds. The largest absolute Gasteiger partial charge is 0.336 e. The van der Waals surface area contributed by atoms with E-state index in [9.17, 15) is 4.79 Å².